The maximum absolute atomic E-state index is 12.6. The van der Waals surface area contributed by atoms with E-state index in [4.69, 9.17) is 14.3 Å². The fourth-order valence-electron chi connectivity index (χ4n) is 2.86. The second kappa shape index (κ2) is 9.16. The van der Waals surface area contributed by atoms with E-state index in [0.717, 1.165) is 35.9 Å². The van der Waals surface area contributed by atoms with Gasteiger partial charge in [0.25, 0.3) is 17.9 Å². The third-order valence-electron chi connectivity index (χ3n) is 4.28. The Morgan fingerprint density at radius 3 is 2.78 bits per heavy atom. The molecule has 0 aliphatic carbocycles. The molecule has 0 aromatic carbocycles. The number of aromatic amines is 1. The Balaban J connectivity index is 0.000000817. The van der Waals surface area contributed by atoms with Crippen LogP contribution in [0.5, 0.6) is 0 Å². The van der Waals surface area contributed by atoms with Crippen molar-refractivity contribution in [3.05, 3.63) is 51.1 Å². The molecular weight excluding hydrogens is 350 g/mol. The van der Waals surface area contributed by atoms with Crippen LogP contribution in [0.2, 0.25) is 0 Å². The molecule has 27 heavy (non-hydrogen) atoms. The number of hydrogen-bond donors (Lipinski definition) is 2. The highest BCUT2D eigenvalue weighted by atomic mass is 16.4. The van der Waals surface area contributed by atoms with Crippen LogP contribution in [0.25, 0.3) is 0 Å². The van der Waals surface area contributed by atoms with Gasteiger partial charge in [-0.3, -0.25) is 14.4 Å². The fraction of sp³-hybridized carbons (Fsp3) is 0.474. The predicted octanol–water partition coefficient (Wildman–Crippen LogP) is 2.16. The second-order valence-corrected chi connectivity index (χ2v) is 6.88. The summed E-state index contributed by atoms with van der Waals surface area (Å²) in [5, 5.41) is 6.89. The van der Waals surface area contributed by atoms with E-state index in [2.05, 4.69) is 23.8 Å². The molecule has 0 bridgehead atoms. The van der Waals surface area contributed by atoms with Crippen molar-refractivity contribution in [2.45, 2.75) is 46.6 Å². The number of carbonyl (C=O) groups excluding carboxylic acids is 1. The number of oxazole rings is 1. The minimum atomic E-state index is -0.344. The Hall–Kier alpha value is -2.90. The average molecular weight is 375 g/mol. The predicted molar refractivity (Wildman–Crippen MR) is 98.6 cm³/mol. The standard InChI is InChI=1S/C18H23N3O3.CH2O2/c1-11(2)4-7-16-20-14-10-21(9-8-15(14)24-16)18(23)13-6-5-12(3)19-17(13)22;2-1-3/h5-6,11H,4,7-10H2,1-3H3,(H,19,22);1H,(H,2,3). The molecule has 8 nitrogen and oxygen atoms in total. The Morgan fingerprint density at radius 2 is 2.15 bits per heavy atom. The zero-order chi connectivity index (χ0) is 20.0. The van der Waals surface area contributed by atoms with E-state index < -0.39 is 0 Å². The van der Waals surface area contributed by atoms with Gasteiger partial charge in [-0.2, -0.15) is 0 Å². The molecule has 3 rings (SSSR count). The van der Waals surface area contributed by atoms with Gasteiger partial charge in [0, 0.05) is 25.1 Å². The Kier molecular flexibility index (Phi) is 6.92. The molecule has 146 valence electrons. The summed E-state index contributed by atoms with van der Waals surface area (Å²) < 4.78 is 5.81. The third-order valence-corrected chi connectivity index (χ3v) is 4.28. The lowest BCUT2D eigenvalue weighted by Crippen LogP contribution is -2.38. The lowest BCUT2D eigenvalue weighted by molar-refractivity contribution is -0.122. The van der Waals surface area contributed by atoms with Crippen molar-refractivity contribution in [3.63, 3.8) is 0 Å². The van der Waals surface area contributed by atoms with Crippen LogP contribution >= 0.6 is 0 Å². The molecule has 1 aliphatic heterocycles. The number of carboxylic acid groups (broad SMARTS) is 1. The van der Waals surface area contributed by atoms with Crippen LogP contribution in [-0.2, 0) is 24.2 Å². The van der Waals surface area contributed by atoms with Gasteiger partial charge in [0.15, 0.2) is 5.89 Å². The first-order valence-electron chi connectivity index (χ1n) is 8.90. The van der Waals surface area contributed by atoms with Crippen molar-refractivity contribution in [2.75, 3.05) is 6.54 Å². The van der Waals surface area contributed by atoms with Crippen LogP contribution in [0.15, 0.2) is 21.3 Å². The first kappa shape index (κ1) is 20.4. The van der Waals surface area contributed by atoms with E-state index in [1.165, 1.54) is 0 Å². The van der Waals surface area contributed by atoms with Gasteiger partial charge in [-0.1, -0.05) is 13.8 Å². The molecule has 2 aromatic rings. The average Bonchev–Trinajstić information content (AvgIpc) is 3.02. The molecular formula is C19H25N3O5. The molecule has 0 atom stereocenters. The molecule has 0 saturated carbocycles. The topological polar surface area (TPSA) is 117 Å². The highest BCUT2D eigenvalue weighted by Gasteiger charge is 2.27. The lowest BCUT2D eigenvalue weighted by atomic mass is 10.1. The van der Waals surface area contributed by atoms with Crippen molar-refractivity contribution in [2.24, 2.45) is 5.92 Å². The SMILES string of the molecule is Cc1ccc(C(=O)N2CCc3oc(CCC(C)C)nc3C2)c(=O)[nH]1.O=CO. The number of carbonyl (C=O) groups is 2. The van der Waals surface area contributed by atoms with Crippen molar-refractivity contribution in [1.82, 2.24) is 14.9 Å². The molecule has 0 radical (unpaired) electrons. The van der Waals surface area contributed by atoms with Crippen LogP contribution in [-0.4, -0.2) is 38.9 Å². The van der Waals surface area contributed by atoms with Gasteiger partial charge in [-0.25, -0.2) is 4.98 Å². The van der Waals surface area contributed by atoms with Crippen molar-refractivity contribution in [1.29, 1.82) is 0 Å². The zero-order valence-corrected chi connectivity index (χ0v) is 15.8. The first-order chi connectivity index (χ1) is 12.8. The quantitative estimate of drug-likeness (QED) is 0.791. The summed E-state index contributed by atoms with van der Waals surface area (Å²) in [5.74, 6) is 1.96. The monoisotopic (exact) mass is 375 g/mol. The van der Waals surface area contributed by atoms with Gasteiger partial charge in [-0.15, -0.1) is 0 Å². The van der Waals surface area contributed by atoms with E-state index >= 15 is 0 Å². The number of pyridine rings is 1. The molecule has 0 unspecified atom stereocenters. The third kappa shape index (κ3) is 5.29. The largest absolute Gasteiger partial charge is 0.483 e. The highest BCUT2D eigenvalue weighted by Crippen LogP contribution is 2.22. The highest BCUT2D eigenvalue weighted by molar-refractivity contribution is 5.93. The van der Waals surface area contributed by atoms with Crippen LogP contribution in [0.1, 0.15) is 53.7 Å². The van der Waals surface area contributed by atoms with Crippen LogP contribution in [0, 0.1) is 12.8 Å². The summed E-state index contributed by atoms with van der Waals surface area (Å²) in [6, 6.07) is 3.33. The van der Waals surface area contributed by atoms with Gasteiger partial charge in [0.05, 0.1) is 6.54 Å². The van der Waals surface area contributed by atoms with E-state index in [-0.39, 0.29) is 23.5 Å². The number of hydrogen-bond acceptors (Lipinski definition) is 5. The Bertz CT molecular complexity index is 853. The molecule has 1 aliphatic rings. The van der Waals surface area contributed by atoms with E-state index in [9.17, 15) is 9.59 Å². The van der Waals surface area contributed by atoms with Crippen LogP contribution in [0.3, 0.4) is 0 Å². The number of aromatic nitrogens is 2. The number of H-pyrrole nitrogens is 1. The maximum Gasteiger partial charge on any atom is 0.290 e. The number of fused-ring (bicyclic) bond motifs is 1. The number of aryl methyl sites for hydroxylation is 2. The second-order valence-electron chi connectivity index (χ2n) is 6.88. The summed E-state index contributed by atoms with van der Waals surface area (Å²) >= 11 is 0. The van der Waals surface area contributed by atoms with Crippen molar-refractivity contribution < 1.29 is 19.1 Å². The van der Waals surface area contributed by atoms with Gasteiger partial charge in [-0.05, 0) is 31.4 Å². The van der Waals surface area contributed by atoms with E-state index in [0.29, 0.717) is 25.4 Å². The normalized spacial score (nSPS) is 13.0. The summed E-state index contributed by atoms with van der Waals surface area (Å²) in [4.78, 5) is 41.8. The van der Waals surface area contributed by atoms with Crippen LogP contribution < -0.4 is 5.56 Å². The summed E-state index contributed by atoms with van der Waals surface area (Å²) in [6.07, 6.45) is 2.48. The molecule has 2 N–H and O–H groups in total. The number of nitrogens with zero attached hydrogens (tertiary/aromatic N) is 2. The minimum Gasteiger partial charge on any atom is -0.483 e. The zero-order valence-electron chi connectivity index (χ0n) is 15.8. The summed E-state index contributed by atoms with van der Waals surface area (Å²) in [6.45, 7) is 6.81. The first-order valence-corrected chi connectivity index (χ1v) is 8.90. The smallest absolute Gasteiger partial charge is 0.290 e. The van der Waals surface area contributed by atoms with Gasteiger partial charge in [0.2, 0.25) is 0 Å². The van der Waals surface area contributed by atoms with Gasteiger partial charge in [0.1, 0.15) is 17.0 Å². The number of amides is 1. The number of rotatable bonds is 4. The number of nitrogens with one attached hydrogen (secondary N) is 1. The van der Waals surface area contributed by atoms with Crippen molar-refractivity contribution >= 4 is 12.4 Å². The summed E-state index contributed by atoms with van der Waals surface area (Å²) in [7, 11) is 0. The Labute approximate surface area is 157 Å². The van der Waals surface area contributed by atoms with Gasteiger partial charge < -0.3 is 19.4 Å². The molecule has 1 amide bonds. The molecule has 8 heteroatoms. The maximum atomic E-state index is 12.6. The molecule has 3 heterocycles. The molecule has 0 spiro atoms. The molecule has 0 fully saturated rings. The Morgan fingerprint density at radius 1 is 1.44 bits per heavy atom. The summed E-state index contributed by atoms with van der Waals surface area (Å²) in [5.41, 5.74) is 1.39. The van der Waals surface area contributed by atoms with Gasteiger partial charge >= 0.3 is 0 Å². The van der Waals surface area contributed by atoms with Crippen molar-refractivity contribution in [3.8, 4) is 0 Å². The molecule has 0 saturated heterocycles. The molecule has 2 aromatic heterocycles. The van der Waals surface area contributed by atoms with E-state index in [1.807, 2.05) is 0 Å². The van der Waals surface area contributed by atoms with E-state index in [1.54, 1.807) is 24.0 Å². The lowest BCUT2D eigenvalue weighted by Gasteiger charge is -2.25. The fourth-order valence-corrected chi connectivity index (χ4v) is 2.86. The van der Waals surface area contributed by atoms with Crippen LogP contribution in [0.4, 0.5) is 0 Å². The minimum absolute atomic E-state index is 0.174.